The van der Waals surface area contributed by atoms with E-state index in [0.29, 0.717) is 11.3 Å². The number of carbonyl (C=O) groups excluding carboxylic acids is 3. The third-order valence-electron chi connectivity index (χ3n) is 4.81. The molecule has 1 aromatic carbocycles. The van der Waals surface area contributed by atoms with E-state index in [4.69, 9.17) is 4.74 Å². The third kappa shape index (κ3) is 3.50. The van der Waals surface area contributed by atoms with Crippen molar-refractivity contribution in [2.24, 2.45) is 5.92 Å². The number of urea groups is 1. The van der Waals surface area contributed by atoms with Crippen molar-refractivity contribution >= 4 is 17.9 Å². The highest BCUT2D eigenvalue weighted by molar-refractivity contribution is 6.07. The van der Waals surface area contributed by atoms with Gasteiger partial charge >= 0.3 is 12.0 Å². The van der Waals surface area contributed by atoms with E-state index < -0.39 is 23.6 Å². The number of aliphatic hydroxyl groups is 1. The van der Waals surface area contributed by atoms with E-state index in [1.165, 1.54) is 7.11 Å². The Balaban J connectivity index is 1.52. The Morgan fingerprint density at radius 3 is 2.58 bits per heavy atom. The van der Waals surface area contributed by atoms with Crippen LogP contribution in [0.1, 0.15) is 30.1 Å². The number of hydrogen-bond acceptors (Lipinski definition) is 6. The topological polar surface area (TPSA) is 105 Å². The molecule has 2 aliphatic rings. The summed E-state index contributed by atoms with van der Waals surface area (Å²) in [5, 5.41) is 12.9. The quantitative estimate of drug-likeness (QED) is 0.552. The number of aliphatic hydroxyl groups excluding tert-OH is 1. The lowest BCUT2D eigenvalue weighted by atomic mass is 9.96. The molecule has 1 saturated carbocycles. The molecule has 3 rings (SSSR count). The van der Waals surface area contributed by atoms with Crippen LogP contribution in [0, 0.1) is 5.92 Å². The average Bonchev–Trinajstić information content (AvgIpc) is 3.46. The first kappa shape index (κ1) is 18.2. The second-order valence-corrected chi connectivity index (χ2v) is 6.80. The molecule has 0 unspecified atom stereocenters. The normalized spacial score (nSPS) is 23.6. The highest BCUT2D eigenvalue weighted by atomic mass is 16.5. The molecule has 2 N–H and O–H groups in total. The second kappa shape index (κ2) is 6.95. The lowest BCUT2D eigenvalue weighted by molar-refractivity contribution is -0.132. The van der Waals surface area contributed by atoms with Crippen molar-refractivity contribution in [2.75, 3.05) is 20.3 Å². The number of carbonyl (C=O) groups is 3. The number of nitrogens with zero attached hydrogens (tertiary/aromatic N) is 1. The Bertz CT molecular complexity index is 715. The number of esters is 1. The SMILES string of the molecule is COC(=O)c1ccc(OC[C@H](O)CN2C(=O)N[C@@](C)(C3CC3)C2=O)cc1. The molecule has 0 aromatic heterocycles. The van der Waals surface area contributed by atoms with Crippen molar-refractivity contribution in [3.8, 4) is 5.75 Å². The van der Waals surface area contributed by atoms with Gasteiger partial charge in [-0.3, -0.25) is 9.69 Å². The molecule has 1 aromatic rings. The molecule has 1 aliphatic carbocycles. The Hall–Kier alpha value is -2.61. The predicted octanol–water partition coefficient (Wildman–Crippen LogP) is 0.933. The largest absolute Gasteiger partial charge is 0.491 e. The van der Waals surface area contributed by atoms with Crippen LogP contribution in [0.25, 0.3) is 0 Å². The standard InChI is InChI=1S/C18H22N2O6/c1-18(12-5-6-12)16(23)20(17(24)19-18)9-13(21)10-26-14-7-3-11(4-8-14)15(22)25-2/h3-4,7-8,12-13,21H,5-6,9-10H2,1-2H3,(H,19,24)/t13-,18+/m1/s1. The van der Waals surface area contributed by atoms with Crippen LogP contribution in [0.15, 0.2) is 24.3 Å². The van der Waals surface area contributed by atoms with Gasteiger partial charge in [-0.05, 0) is 49.9 Å². The zero-order valence-electron chi connectivity index (χ0n) is 14.7. The van der Waals surface area contributed by atoms with Gasteiger partial charge in [0.25, 0.3) is 5.91 Å². The maximum Gasteiger partial charge on any atom is 0.337 e. The third-order valence-corrected chi connectivity index (χ3v) is 4.81. The molecule has 0 bridgehead atoms. The summed E-state index contributed by atoms with van der Waals surface area (Å²) in [6.07, 6.45) is 0.819. The fourth-order valence-electron chi connectivity index (χ4n) is 3.08. The van der Waals surface area contributed by atoms with Crippen LogP contribution in [-0.4, -0.2) is 59.8 Å². The summed E-state index contributed by atoms with van der Waals surface area (Å²) >= 11 is 0. The van der Waals surface area contributed by atoms with Crippen LogP contribution < -0.4 is 10.1 Å². The Labute approximate surface area is 151 Å². The molecule has 0 radical (unpaired) electrons. The second-order valence-electron chi connectivity index (χ2n) is 6.80. The molecule has 1 aliphatic heterocycles. The number of β-amino-alcohol motifs (C(OH)–C–C–N with tert-alkyl or cyclic N) is 1. The van der Waals surface area contributed by atoms with E-state index in [0.717, 1.165) is 17.7 Å². The van der Waals surface area contributed by atoms with Crippen LogP contribution >= 0.6 is 0 Å². The molecule has 2 atom stereocenters. The van der Waals surface area contributed by atoms with Crippen molar-refractivity contribution in [3.63, 3.8) is 0 Å². The lowest BCUT2D eigenvalue weighted by Crippen LogP contribution is -2.46. The van der Waals surface area contributed by atoms with Crippen LogP contribution in [-0.2, 0) is 9.53 Å². The number of hydrogen-bond donors (Lipinski definition) is 2. The molecule has 8 nitrogen and oxygen atoms in total. The first-order chi connectivity index (χ1) is 12.3. The Morgan fingerprint density at radius 1 is 1.35 bits per heavy atom. The highest BCUT2D eigenvalue weighted by Gasteiger charge is 2.56. The van der Waals surface area contributed by atoms with Gasteiger partial charge in [0, 0.05) is 0 Å². The summed E-state index contributed by atoms with van der Waals surface area (Å²) in [5.41, 5.74) is -0.472. The Morgan fingerprint density at radius 2 is 2.00 bits per heavy atom. The maximum atomic E-state index is 12.5. The van der Waals surface area contributed by atoms with Crippen molar-refractivity contribution < 1.29 is 29.0 Å². The number of nitrogens with one attached hydrogen (secondary N) is 1. The fraction of sp³-hybridized carbons (Fsp3) is 0.500. The first-order valence-corrected chi connectivity index (χ1v) is 8.48. The molecular weight excluding hydrogens is 340 g/mol. The summed E-state index contributed by atoms with van der Waals surface area (Å²) in [6, 6.07) is 5.78. The minimum atomic E-state index is -1.02. The van der Waals surface area contributed by atoms with E-state index in [9.17, 15) is 19.5 Å². The summed E-state index contributed by atoms with van der Waals surface area (Å²) < 4.78 is 10.1. The molecule has 0 spiro atoms. The van der Waals surface area contributed by atoms with Crippen molar-refractivity contribution in [1.29, 1.82) is 0 Å². The van der Waals surface area contributed by atoms with Gasteiger partial charge in [0.05, 0.1) is 19.2 Å². The molecule has 3 amide bonds. The van der Waals surface area contributed by atoms with Gasteiger partial charge in [-0.15, -0.1) is 0 Å². The van der Waals surface area contributed by atoms with Gasteiger partial charge in [-0.1, -0.05) is 0 Å². The summed E-state index contributed by atoms with van der Waals surface area (Å²) in [6.45, 7) is 1.51. The zero-order valence-corrected chi connectivity index (χ0v) is 14.7. The van der Waals surface area contributed by atoms with Crippen molar-refractivity contribution in [2.45, 2.75) is 31.4 Å². The van der Waals surface area contributed by atoms with E-state index in [1.54, 1.807) is 31.2 Å². The van der Waals surface area contributed by atoms with Gasteiger partial charge in [-0.25, -0.2) is 9.59 Å². The van der Waals surface area contributed by atoms with E-state index in [-0.39, 0.29) is 25.0 Å². The zero-order chi connectivity index (χ0) is 18.9. The minimum Gasteiger partial charge on any atom is -0.491 e. The lowest BCUT2D eigenvalue weighted by Gasteiger charge is -2.22. The number of benzene rings is 1. The highest BCUT2D eigenvalue weighted by Crippen LogP contribution is 2.42. The summed E-state index contributed by atoms with van der Waals surface area (Å²) in [5.74, 6) is -0.122. The summed E-state index contributed by atoms with van der Waals surface area (Å²) in [7, 11) is 1.30. The molecule has 8 heteroatoms. The van der Waals surface area contributed by atoms with Gasteiger partial charge in [0.15, 0.2) is 0 Å². The smallest absolute Gasteiger partial charge is 0.337 e. The number of imide groups is 1. The molecule has 26 heavy (non-hydrogen) atoms. The molecule has 140 valence electrons. The average molecular weight is 362 g/mol. The molecule has 2 fully saturated rings. The number of amides is 3. The summed E-state index contributed by atoms with van der Waals surface area (Å²) in [4.78, 5) is 37.0. The maximum absolute atomic E-state index is 12.5. The predicted molar refractivity (Wildman–Crippen MR) is 90.7 cm³/mol. The van der Waals surface area contributed by atoms with Gasteiger partial charge < -0.3 is 19.9 Å². The fourth-order valence-corrected chi connectivity index (χ4v) is 3.08. The molecule has 1 heterocycles. The monoisotopic (exact) mass is 362 g/mol. The first-order valence-electron chi connectivity index (χ1n) is 8.48. The van der Waals surface area contributed by atoms with Crippen LogP contribution in [0.2, 0.25) is 0 Å². The van der Waals surface area contributed by atoms with Crippen LogP contribution in [0.5, 0.6) is 5.75 Å². The number of methoxy groups -OCH3 is 1. The van der Waals surface area contributed by atoms with Crippen LogP contribution in [0.3, 0.4) is 0 Å². The van der Waals surface area contributed by atoms with E-state index in [2.05, 4.69) is 10.1 Å². The van der Waals surface area contributed by atoms with Crippen LogP contribution in [0.4, 0.5) is 4.79 Å². The van der Waals surface area contributed by atoms with Gasteiger partial charge in [-0.2, -0.15) is 0 Å². The minimum absolute atomic E-state index is 0.0885. The van der Waals surface area contributed by atoms with E-state index >= 15 is 0 Å². The number of rotatable bonds is 7. The van der Waals surface area contributed by atoms with Crippen molar-refractivity contribution in [3.05, 3.63) is 29.8 Å². The molecular formula is C18H22N2O6. The molecule has 1 saturated heterocycles. The van der Waals surface area contributed by atoms with E-state index in [1.807, 2.05) is 0 Å². The Kier molecular flexibility index (Phi) is 4.86. The van der Waals surface area contributed by atoms with Crippen molar-refractivity contribution in [1.82, 2.24) is 10.2 Å². The van der Waals surface area contributed by atoms with Gasteiger partial charge in [0.2, 0.25) is 0 Å². The van der Waals surface area contributed by atoms with Gasteiger partial charge in [0.1, 0.15) is 24.0 Å². The number of ether oxygens (including phenoxy) is 2.